The fourth-order valence-electron chi connectivity index (χ4n) is 2.39. The van der Waals surface area contributed by atoms with Crippen molar-refractivity contribution in [3.63, 3.8) is 0 Å². The Kier molecular flexibility index (Phi) is 3.60. The predicted octanol–water partition coefficient (Wildman–Crippen LogP) is 1.70. The first kappa shape index (κ1) is 16.1. The predicted molar refractivity (Wildman–Crippen MR) is 82.6 cm³/mol. The number of aromatic nitrogens is 2. The van der Waals surface area contributed by atoms with Crippen molar-refractivity contribution in [2.75, 3.05) is 0 Å². The van der Waals surface area contributed by atoms with Gasteiger partial charge in [0.15, 0.2) is 5.66 Å². The zero-order valence-corrected chi connectivity index (χ0v) is 12.6. The van der Waals surface area contributed by atoms with Crippen LogP contribution < -0.4 is 16.8 Å². The minimum absolute atomic E-state index is 0.143. The molecule has 1 aliphatic rings. The van der Waals surface area contributed by atoms with Crippen molar-refractivity contribution in [1.82, 2.24) is 15.5 Å². The van der Waals surface area contributed by atoms with Crippen molar-refractivity contribution in [2.45, 2.75) is 18.8 Å². The molecule has 1 aliphatic heterocycles. The van der Waals surface area contributed by atoms with Crippen molar-refractivity contribution < 1.29 is 13.2 Å². The zero-order chi connectivity index (χ0) is 17.5. The zero-order valence-electron chi connectivity index (χ0n) is 12.6. The minimum Gasteiger partial charge on any atom is -0.385 e. The van der Waals surface area contributed by atoms with Gasteiger partial charge in [-0.1, -0.05) is 12.1 Å². The topological polar surface area (TPSA) is 105 Å². The molecule has 1 aromatic carbocycles. The molecule has 0 radical (unpaired) electrons. The van der Waals surface area contributed by atoms with E-state index in [-0.39, 0.29) is 17.2 Å². The van der Waals surface area contributed by atoms with E-state index in [1.54, 1.807) is 13.0 Å². The maximum Gasteiger partial charge on any atom is 0.416 e. The lowest BCUT2D eigenvalue weighted by Crippen LogP contribution is -2.44. The molecular formula is C15H15F3N6. The van der Waals surface area contributed by atoms with E-state index in [0.717, 1.165) is 17.8 Å². The van der Waals surface area contributed by atoms with Crippen molar-refractivity contribution >= 4 is 5.84 Å². The maximum atomic E-state index is 12.9. The van der Waals surface area contributed by atoms with Gasteiger partial charge in [-0.15, -0.1) is 0 Å². The number of benzene rings is 1. The summed E-state index contributed by atoms with van der Waals surface area (Å²) < 4.78 is 38.7. The summed E-state index contributed by atoms with van der Waals surface area (Å²) in [6.45, 7) is 1.80. The van der Waals surface area contributed by atoms with Crippen molar-refractivity contribution in [3.05, 3.63) is 64.7 Å². The third-order valence-electron chi connectivity index (χ3n) is 3.51. The van der Waals surface area contributed by atoms with Crippen LogP contribution in [0.4, 0.5) is 13.2 Å². The fraction of sp³-hybridized carbons (Fsp3) is 0.200. The summed E-state index contributed by atoms with van der Waals surface area (Å²) in [4.78, 5) is 4.32. The molecule has 0 spiro atoms. The fourth-order valence-corrected chi connectivity index (χ4v) is 2.39. The van der Waals surface area contributed by atoms with E-state index in [1.165, 1.54) is 18.2 Å². The van der Waals surface area contributed by atoms with E-state index in [4.69, 9.17) is 11.5 Å². The summed E-state index contributed by atoms with van der Waals surface area (Å²) in [5.74, 6) is 0.324. The van der Waals surface area contributed by atoms with Crippen LogP contribution in [0.2, 0.25) is 0 Å². The molecule has 126 valence electrons. The number of halogens is 3. The van der Waals surface area contributed by atoms with E-state index in [1.807, 2.05) is 0 Å². The summed E-state index contributed by atoms with van der Waals surface area (Å²) in [6, 6.07) is 6.46. The Bertz CT molecular complexity index is 836. The van der Waals surface area contributed by atoms with Crippen LogP contribution >= 0.6 is 0 Å². The van der Waals surface area contributed by atoms with E-state index >= 15 is 0 Å². The summed E-state index contributed by atoms with van der Waals surface area (Å²) in [7, 11) is 0. The molecule has 24 heavy (non-hydrogen) atoms. The number of alkyl halides is 3. The number of hydrogen-bond acceptors (Lipinski definition) is 5. The summed E-state index contributed by atoms with van der Waals surface area (Å²) in [5, 5.41) is 9.56. The quantitative estimate of drug-likeness (QED) is 0.670. The molecule has 3 rings (SSSR count). The first-order valence-corrected chi connectivity index (χ1v) is 7.01. The number of rotatable bonds is 2. The van der Waals surface area contributed by atoms with Gasteiger partial charge in [-0.05, 0) is 25.1 Å². The second-order valence-electron chi connectivity index (χ2n) is 5.53. The molecule has 6 nitrogen and oxygen atoms in total. The number of H-pyrrole nitrogens is 1. The number of aromatic amines is 1. The van der Waals surface area contributed by atoms with Crippen LogP contribution in [0.15, 0.2) is 47.2 Å². The summed E-state index contributed by atoms with van der Waals surface area (Å²) >= 11 is 0. The molecule has 0 saturated heterocycles. The first-order valence-electron chi connectivity index (χ1n) is 7.01. The molecule has 0 aliphatic carbocycles. The van der Waals surface area contributed by atoms with Gasteiger partial charge in [-0.25, -0.2) is 4.99 Å². The number of aliphatic imine (C=N–C) groups is 1. The Morgan fingerprint density at radius 3 is 2.58 bits per heavy atom. The molecule has 1 aromatic heterocycles. The van der Waals surface area contributed by atoms with Crippen LogP contribution in [0.25, 0.3) is 0 Å². The highest BCUT2D eigenvalue weighted by molar-refractivity contribution is 6.00. The molecule has 1 atom stereocenters. The molecule has 0 amide bonds. The second kappa shape index (κ2) is 5.38. The summed E-state index contributed by atoms with van der Waals surface area (Å²) in [6.07, 6.45) is -2.99. The largest absolute Gasteiger partial charge is 0.416 e. The van der Waals surface area contributed by atoms with Gasteiger partial charge in [0.05, 0.1) is 5.56 Å². The van der Waals surface area contributed by atoms with Crippen molar-refractivity contribution in [1.29, 1.82) is 0 Å². The van der Waals surface area contributed by atoms with E-state index in [0.29, 0.717) is 5.69 Å². The smallest absolute Gasteiger partial charge is 0.385 e. The third kappa shape index (κ3) is 2.98. The van der Waals surface area contributed by atoms with E-state index in [2.05, 4.69) is 20.5 Å². The summed E-state index contributed by atoms with van der Waals surface area (Å²) in [5.41, 5.74) is 11.3. The Balaban J connectivity index is 2.05. The van der Waals surface area contributed by atoms with Crippen LogP contribution in [-0.4, -0.2) is 16.0 Å². The Morgan fingerprint density at radius 2 is 1.96 bits per heavy atom. The van der Waals surface area contributed by atoms with Gasteiger partial charge in [-0.3, -0.25) is 10.8 Å². The van der Waals surface area contributed by atoms with Gasteiger partial charge >= 0.3 is 6.18 Å². The van der Waals surface area contributed by atoms with Gasteiger partial charge in [0.25, 0.3) is 0 Å². The van der Waals surface area contributed by atoms with Crippen molar-refractivity contribution in [2.24, 2.45) is 16.5 Å². The molecular weight excluding hydrogens is 321 g/mol. The monoisotopic (exact) mass is 336 g/mol. The average molecular weight is 336 g/mol. The van der Waals surface area contributed by atoms with Gasteiger partial charge in [0.1, 0.15) is 17.4 Å². The van der Waals surface area contributed by atoms with Gasteiger partial charge in [0, 0.05) is 17.3 Å². The Labute approximate surface area is 135 Å². The number of aryl methyl sites for hydroxylation is 1. The van der Waals surface area contributed by atoms with Crippen LogP contribution in [0, 0.1) is 6.92 Å². The van der Waals surface area contributed by atoms with Crippen LogP contribution in [0.3, 0.4) is 0 Å². The van der Waals surface area contributed by atoms with Gasteiger partial charge in [-0.2, -0.15) is 18.3 Å². The van der Waals surface area contributed by atoms with Crippen LogP contribution in [0.1, 0.15) is 22.5 Å². The highest BCUT2D eigenvalue weighted by Crippen LogP contribution is 2.30. The molecule has 0 fully saturated rings. The minimum atomic E-state index is -4.45. The number of nitrogens with zero attached hydrogens (tertiary/aromatic N) is 2. The Morgan fingerprint density at radius 1 is 1.21 bits per heavy atom. The normalized spacial score (nSPS) is 21.0. The second-order valence-corrected chi connectivity index (χ2v) is 5.53. The molecule has 1 unspecified atom stereocenters. The molecule has 9 heteroatoms. The van der Waals surface area contributed by atoms with E-state index < -0.39 is 17.4 Å². The molecule has 2 heterocycles. The van der Waals surface area contributed by atoms with Crippen molar-refractivity contribution in [3.8, 4) is 0 Å². The van der Waals surface area contributed by atoms with Gasteiger partial charge < -0.3 is 11.1 Å². The molecule has 6 N–H and O–H groups in total. The lowest BCUT2D eigenvalue weighted by atomic mass is 10.0. The molecule has 2 aromatic rings. The van der Waals surface area contributed by atoms with Crippen LogP contribution in [-0.2, 0) is 11.8 Å². The third-order valence-corrected chi connectivity index (χ3v) is 3.51. The number of nitrogens with two attached hydrogens (primary N) is 2. The first-order chi connectivity index (χ1) is 11.2. The maximum absolute atomic E-state index is 12.9. The SMILES string of the molecule is Cc1cc(C2(N)C=C(N)NC(c3cccc(C(F)(F)F)c3)=N2)n[nH]1. The van der Waals surface area contributed by atoms with E-state index in [9.17, 15) is 13.2 Å². The average Bonchev–Trinajstić information content (AvgIpc) is 2.93. The lowest BCUT2D eigenvalue weighted by molar-refractivity contribution is -0.137. The lowest BCUT2D eigenvalue weighted by Gasteiger charge is -2.27. The number of nitrogens with one attached hydrogen (secondary N) is 2. The number of hydrogen-bond donors (Lipinski definition) is 4. The highest BCUT2D eigenvalue weighted by Gasteiger charge is 2.33. The van der Waals surface area contributed by atoms with Crippen LogP contribution in [0.5, 0.6) is 0 Å². The van der Waals surface area contributed by atoms with Gasteiger partial charge in [0.2, 0.25) is 0 Å². The number of amidine groups is 1. The standard InChI is InChI=1S/C15H15F3N6/c1-8-5-11(24-23-8)14(20)7-12(19)21-13(22-14)9-3-2-4-10(6-9)15(16,17)18/h2-7H,19-20H2,1H3,(H,21,22)(H,23,24). The highest BCUT2D eigenvalue weighted by atomic mass is 19.4. The molecule has 0 saturated carbocycles. The Hall–Kier alpha value is -2.81. The molecule has 0 bridgehead atoms.